The van der Waals surface area contributed by atoms with Gasteiger partial charge in [0.25, 0.3) is 0 Å². The highest BCUT2D eigenvalue weighted by molar-refractivity contribution is 7.92. The van der Waals surface area contributed by atoms with Crippen LogP contribution in [0.15, 0.2) is 52.7 Å². The summed E-state index contributed by atoms with van der Waals surface area (Å²) < 4.78 is 44.8. The number of nitrogens with zero attached hydrogens (tertiary/aromatic N) is 2. The molecule has 1 aliphatic heterocycles. The van der Waals surface area contributed by atoms with Crippen molar-refractivity contribution in [2.24, 2.45) is 0 Å². The van der Waals surface area contributed by atoms with E-state index in [1.165, 1.54) is 6.07 Å². The first-order valence-corrected chi connectivity index (χ1v) is 13.3. The van der Waals surface area contributed by atoms with Gasteiger partial charge in [0.2, 0.25) is 0 Å². The number of benzene rings is 2. The number of halogens is 2. The van der Waals surface area contributed by atoms with Gasteiger partial charge in [0.15, 0.2) is 15.0 Å². The largest absolute Gasteiger partial charge is 0.494 e. The van der Waals surface area contributed by atoms with Crippen LogP contribution < -0.4 is 9.64 Å². The van der Waals surface area contributed by atoms with E-state index in [1.807, 2.05) is 36.6 Å². The van der Waals surface area contributed by atoms with Crippen molar-refractivity contribution in [1.29, 1.82) is 0 Å². The van der Waals surface area contributed by atoms with Gasteiger partial charge < -0.3 is 9.64 Å². The molecule has 5 nitrogen and oxygen atoms in total. The highest BCUT2D eigenvalue weighted by atomic mass is 35.5. The molecule has 1 fully saturated rings. The molecule has 1 saturated heterocycles. The highest BCUT2D eigenvalue weighted by Crippen LogP contribution is 2.32. The molecular weight excluding hydrogens is 471 g/mol. The first-order valence-electron chi connectivity index (χ1n) is 10.5. The van der Waals surface area contributed by atoms with Crippen molar-refractivity contribution in [3.8, 4) is 5.75 Å². The third-order valence-corrected chi connectivity index (χ3v) is 9.20. The van der Waals surface area contributed by atoms with Gasteiger partial charge in [0.1, 0.15) is 11.6 Å². The Kier molecular flexibility index (Phi) is 7.02. The quantitative estimate of drug-likeness (QED) is 0.413. The molecule has 3 aromatic rings. The average Bonchev–Trinajstić information content (AvgIpc) is 3.24. The Bertz CT molecular complexity index is 1170. The Balaban J connectivity index is 1.38. The summed E-state index contributed by atoms with van der Waals surface area (Å²) in [4.78, 5) is 6.89. The van der Waals surface area contributed by atoms with E-state index < -0.39 is 20.9 Å². The van der Waals surface area contributed by atoms with Gasteiger partial charge in [-0.3, -0.25) is 0 Å². The zero-order valence-electron chi connectivity index (χ0n) is 17.6. The molecule has 0 radical (unpaired) electrons. The minimum Gasteiger partial charge on any atom is -0.494 e. The van der Waals surface area contributed by atoms with Gasteiger partial charge in [-0.2, -0.15) is 0 Å². The second kappa shape index (κ2) is 9.77. The normalized spacial score (nSPS) is 15.2. The van der Waals surface area contributed by atoms with Crippen molar-refractivity contribution >= 4 is 37.9 Å². The SMILES string of the molecule is CCOc1ccc(Cc2csc(N3CCC(S(=O)(=O)c4ccc(F)cc4Cl)CC3)n2)cc1. The average molecular weight is 495 g/mol. The maximum absolute atomic E-state index is 13.3. The van der Waals surface area contributed by atoms with E-state index in [2.05, 4.69) is 4.90 Å². The summed E-state index contributed by atoms with van der Waals surface area (Å²) in [7, 11) is -3.61. The van der Waals surface area contributed by atoms with Gasteiger partial charge in [-0.05, 0) is 55.7 Å². The number of thiazole rings is 1. The first kappa shape index (κ1) is 23.0. The van der Waals surface area contributed by atoms with E-state index >= 15 is 0 Å². The molecule has 0 spiro atoms. The van der Waals surface area contributed by atoms with Crippen LogP contribution in [0.2, 0.25) is 5.02 Å². The molecule has 0 bridgehead atoms. The van der Waals surface area contributed by atoms with Gasteiger partial charge in [0.05, 0.1) is 27.5 Å². The van der Waals surface area contributed by atoms with Crippen LogP contribution in [0, 0.1) is 5.82 Å². The van der Waals surface area contributed by atoms with Gasteiger partial charge in [-0.1, -0.05) is 23.7 Å². The number of ether oxygens (including phenoxy) is 1. The minimum absolute atomic E-state index is 0.00547. The Morgan fingerprint density at radius 2 is 1.91 bits per heavy atom. The van der Waals surface area contributed by atoms with Crippen molar-refractivity contribution in [2.45, 2.75) is 36.3 Å². The predicted octanol–water partition coefficient (Wildman–Crippen LogP) is 5.37. The zero-order chi connectivity index (χ0) is 22.7. The summed E-state index contributed by atoms with van der Waals surface area (Å²) in [6.07, 6.45) is 1.69. The molecule has 0 amide bonds. The second-order valence-electron chi connectivity index (χ2n) is 7.68. The van der Waals surface area contributed by atoms with Crippen LogP contribution in [-0.2, 0) is 16.3 Å². The smallest absolute Gasteiger partial charge is 0.185 e. The van der Waals surface area contributed by atoms with Crippen LogP contribution in [0.1, 0.15) is 31.0 Å². The number of rotatable bonds is 7. The third kappa shape index (κ3) is 5.08. The van der Waals surface area contributed by atoms with Crippen molar-refractivity contribution < 1.29 is 17.5 Å². The number of hydrogen-bond acceptors (Lipinski definition) is 6. The van der Waals surface area contributed by atoms with E-state index in [0.717, 1.165) is 40.7 Å². The summed E-state index contributed by atoms with van der Waals surface area (Å²) in [5.74, 6) is 0.309. The van der Waals surface area contributed by atoms with Crippen LogP contribution in [-0.4, -0.2) is 38.3 Å². The monoisotopic (exact) mass is 494 g/mol. The van der Waals surface area contributed by atoms with Crippen LogP contribution in [0.25, 0.3) is 0 Å². The summed E-state index contributed by atoms with van der Waals surface area (Å²) in [5.41, 5.74) is 2.15. The zero-order valence-corrected chi connectivity index (χ0v) is 20.0. The minimum atomic E-state index is -3.61. The molecule has 0 N–H and O–H groups in total. The van der Waals surface area contributed by atoms with Crippen molar-refractivity contribution in [2.75, 3.05) is 24.6 Å². The predicted molar refractivity (Wildman–Crippen MR) is 126 cm³/mol. The lowest BCUT2D eigenvalue weighted by Gasteiger charge is -2.31. The van der Waals surface area contributed by atoms with Crippen LogP contribution >= 0.6 is 22.9 Å². The molecule has 0 unspecified atom stereocenters. The Morgan fingerprint density at radius 1 is 1.19 bits per heavy atom. The Labute approximate surface area is 196 Å². The van der Waals surface area contributed by atoms with Gasteiger partial charge >= 0.3 is 0 Å². The Hall–Kier alpha value is -2.16. The van der Waals surface area contributed by atoms with Crippen LogP contribution in [0.4, 0.5) is 9.52 Å². The lowest BCUT2D eigenvalue weighted by atomic mass is 10.1. The number of sulfone groups is 1. The molecule has 1 aromatic heterocycles. The molecule has 9 heteroatoms. The maximum Gasteiger partial charge on any atom is 0.185 e. The molecule has 1 aliphatic rings. The number of anilines is 1. The molecule has 2 aromatic carbocycles. The van der Waals surface area contributed by atoms with Gasteiger partial charge in [-0.25, -0.2) is 17.8 Å². The maximum atomic E-state index is 13.3. The first-order chi connectivity index (χ1) is 15.4. The van der Waals surface area contributed by atoms with E-state index in [4.69, 9.17) is 21.3 Å². The van der Waals surface area contributed by atoms with Crippen LogP contribution in [0.3, 0.4) is 0 Å². The van der Waals surface area contributed by atoms with Crippen LogP contribution in [0.5, 0.6) is 5.75 Å². The van der Waals surface area contributed by atoms with Gasteiger partial charge in [-0.15, -0.1) is 11.3 Å². The van der Waals surface area contributed by atoms with E-state index in [1.54, 1.807) is 11.3 Å². The fraction of sp³-hybridized carbons (Fsp3) is 0.348. The number of piperidine rings is 1. The number of aromatic nitrogens is 1. The molecule has 32 heavy (non-hydrogen) atoms. The van der Waals surface area contributed by atoms with E-state index in [-0.39, 0.29) is 9.92 Å². The lowest BCUT2D eigenvalue weighted by Crippen LogP contribution is -2.39. The van der Waals surface area contributed by atoms with Gasteiger partial charge in [0, 0.05) is 24.9 Å². The number of hydrogen-bond donors (Lipinski definition) is 0. The standard InChI is InChI=1S/C23H24ClFN2O3S2/c1-2-30-19-6-3-16(4-7-19)13-18-15-31-23(26-18)27-11-9-20(10-12-27)32(28,29)22-8-5-17(25)14-21(22)24/h3-8,14-15,20H,2,9-13H2,1H3. The highest BCUT2D eigenvalue weighted by Gasteiger charge is 2.33. The van der Waals surface area contributed by atoms with Crippen molar-refractivity contribution in [1.82, 2.24) is 4.98 Å². The molecule has 4 rings (SSSR count). The summed E-state index contributed by atoms with van der Waals surface area (Å²) in [6, 6.07) is 11.4. The van der Waals surface area contributed by atoms with E-state index in [9.17, 15) is 12.8 Å². The van der Waals surface area contributed by atoms with Crippen molar-refractivity contribution in [3.05, 3.63) is 69.9 Å². The molecule has 0 atom stereocenters. The summed E-state index contributed by atoms with van der Waals surface area (Å²) in [5, 5.41) is 2.35. The molecular formula is C23H24ClFN2O3S2. The fourth-order valence-electron chi connectivity index (χ4n) is 3.84. The molecule has 170 valence electrons. The van der Waals surface area contributed by atoms with E-state index in [0.29, 0.717) is 32.5 Å². The lowest BCUT2D eigenvalue weighted by molar-refractivity contribution is 0.340. The summed E-state index contributed by atoms with van der Waals surface area (Å²) in [6.45, 7) is 3.79. The molecule has 0 saturated carbocycles. The summed E-state index contributed by atoms with van der Waals surface area (Å²) >= 11 is 7.58. The topological polar surface area (TPSA) is 59.5 Å². The van der Waals surface area contributed by atoms with Crippen molar-refractivity contribution in [3.63, 3.8) is 0 Å². The fourth-order valence-corrected chi connectivity index (χ4v) is 6.99. The third-order valence-electron chi connectivity index (χ3n) is 5.51. The second-order valence-corrected chi connectivity index (χ2v) is 11.1. The molecule has 2 heterocycles. The Morgan fingerprint density at radius 3 is 2.56 bits per heavy atom. The molecule has 0 aliphatic carbocycles.